The number of benzene rings is 2. The van der Waals surface area contributed by atoms with Crippen molar-refractivity contribution in [3.63, 3.8) is 0 Å². The molecule has 4 rings (SSSR count). The number of hydrogen-bond acceptors (Lipinski definition) is 7. The summed E-state index contributed by atoms with van der Waals surface area (Å²) in [5, 5.41) is 10.9. The summed E-state index contributed by atoms with van der Waals surface area (Å²) < 4.78 is 38.4. The maximum atomic E-state index is 10.9. The van der Waals surface area contributed by atoms with Crippen LogP contribution in [0.25, 0.3) is 28.2 Å². The van der Waals surface area contributed by atoms with Gasteiger partial charge < -0.3 is 0 Å². The van der Waals surface area contributed by atoms with Crippen LogP contribution in [0.5, 0.6) is 0 Å². The van der Waals surface area contributed by atoms with Crippen molar-refractivity contribution in [3.8, 4) is 22.4 Å². The minimum absolute atomic E-state index is 0.106. The molecule has 2 heterocycles. The van der Waals surface area contributed by atoms with E-state index in [1.807, 2.05) is 18.5 Å². The van der Waals surface area contributed by atoms with Crippen molar-refractivity contribution in [2.75, 3.05) is 0 Å². The van der Waals surface area contributed by atoms with Crippen LogP contribution in [0.15, 0.2) is 73.2 Å². The highest BCUT2D eigenvalue weighted by Crippen LogP contribution is 2.27. The van der Waals surface area contributed by atoms with E-state index in [2.05, 4.69) is 51.3 Å². The average Bonchev–Trinajstić information content (AvgIpc) is 3.24. The van der Waals surface area contributed by atoms with Crippen LogP contribution in [0.4, 0.5) is 5.69 Å². The molecule has 2 aromatic carbocycles. The van der Waals surface area contributed by atoms with Gasteiger partial charge in [-0.25, -0.2) is 27.6 Å². The molecule has 4 aromatic rings. The Balaban J connectivity index is 0.000000695. The first kappa shape index (κ1) is 28.2. The number of aryl methyl sites for hydroxylation is 1. The first-order chi connectivity index (χ1) is 17.7. The maximum absolute atomic E-state index is 10.9. The zero-order valence-electron chi connectivity index (χ0n) is 20.5. The predicted octanol–water partition coefficient (Wildman–Crippen LogP) is 1.47. The molecule has 0 unspecified atom stereocenters. The second-order valence-electron chi connectivity index (χ2n) is 8.52. The molecule has 0 atom stereocenters. The molecular weight excluding hydrogens is 500 g/mol. The molecule has 0 amide bonds. The zero-order chi connectivity index (χ0) is 26.8. The van der Waals surface area contributed by atoms with Gasteiger partial charge in [0.05, 0.1) is 17.7 Å². The van der Waals surface area contributed by atoms with Gasteiger partial charge in [-0.1, -0.05) is 68.3 Å². The summed E-state index contributed by atoms with van der Waals surface area (Å²) >= 11 is 0. The molecule has 0 aliphatic carbocycles. The van der Waals surface area contributed by atoms with Crippen molar-refractivity contribution in [1.29, 1.82) is 0 Å². The Morgan fingerprint density at radius 2 is 1.41 bits per heavy atom. The second kappa shape index (κ2) is 13.2. The fourth-order valence-electron chi connectivity index (χ4n) is 4.10. The van der Waals surface area contributed by atoms with E-state index in [0.717, 1.165) is 41.1 Å². The van der Waals surface area contributed by atoms with Crippen LogP contribution in [0, 0.1) is 20.4 Å². The topological polar surface area (TPSA) is 157 Å². The Morgan fingerprint density at radius 3 is 2.00 bits per heavy atom. The van der Waals surface area contributed by atoms with E-state index in [4.69, 9.17) is 18.6 Å². The lowest BCUT2D eigenvalue weighted by Gasteiger charge is -2.17. The summed E-state index contributed by atoms with van der Waals surface area (Å²) in [5.74, 6) is 0.954. The van der Waals surface area contributed by atoms with Crippen LogP contribution in [0.2, 0.25) is 0 Å². The van der Waals surface area contributed by atoms with Crippen LogP contribution in [0.1, 0.15) is 45.4 Å². The number of halogens is 1. The summed E-state index contributed by atoms with van der Waals surface area (Å²) in [6, 6.07) is 17.0. The average molecular weight is 529 g/mol. The quantitative estimate of drug-likeness (QED) is 0.130. The molecule has 0 N–H and O–H groups in total. The lowest BCUT2D eigenvalue weighted by Crippen LogP contribution is -2.68. The Kier molecular flexibility index (Phi) is 10.1. The van der Waals surface area contributed by atoms with E-state index in [1.54, 1.807) is 24.3 Å². The molecule has 0 bridgehead atoms. The minimum Gasteiger partial charge on any atom is -0.258 e. The van der Waals surface area contributed by atoms with Gasteiger partial charge in [-0.3, -0.25) is 10.1 Å². The summed E-state index contributed by atoms with van der Waals surface area (Å²) in [4.78, 5) is 15.1. The van der Waals surface area contributed by atoms with E-state index in [0.29, 0.717) is 0 Å². The Hall–Kier alpha value is -3.41. The molecule has 0 spiro atoms. The van der Waals surface area contributed by atoms with Crippen LogP contribution >= 0.6 is 0 Å². The minimum atomic E-state index is -4.94. The first-order valence-electron chi connectivity index (χ1n) is 12.0. The van der Waals surface area contributed by atoms with E-state index in [-0.39, 0.29) is 10.6 Å². The molecule has 0 saturated heterocycles. The Morgan fingerprint density at radius 1 is 0.865 bits per heavy atom. The second-order valence-corrected chi connectivity index (χ2v) is 9.28. The van der Waals surface area contributed by atoms with Gasteiger partial charge in [0.1, 0.15) is 18.1 Å². The van der Waals surface area contributed by atoms with Gasteiger partial charge in [0.15, 0.2) is 0 Å². The first-order valence-corrected chi connectivity index (χ1v) is 13.2. The Labute approximate surface area is 217 Å². The molecule has 11 heteroatoms. The van der Waals surface area contributed by atoms with Gasteiger partial charge in [0.2, 0.25) is 0 Å². The fourth-order valence-corrected chi connectivity index (χ4v) is 4.10. The van der Waals surface area contributed by atoms with E-state index < -0.39 is 10.2 Å². The summed E-state index contributed by atoms with van der Waals surface area (Å²) in [6.07, 6.45) is 13.6. The molecule has 10 nitrogen and oxygen atoms in total. The van der Waals surface area contributed by atoms with Crippen molar-refractivity contribution in [2.24, 2.45) is 0 Å². The van der Waals surface area contributed by atoms with Crippen molar-refractivity contribution in [3.05, 3.63) is 83.3 Å². The molecule has 0 fully saturated rings. The number of nitro benzene ring substituents is 1. The van der Waals surface area contributed by atoms with Crippen molar-refractivity contribution >= 4 is 11.5 Å². The molecule has 196 valence electrons. The molecule has 0 saturated carbocycles. The number of unbranched alkanes of at least 4 members (excludes halogenated alkanes) is 5. The van der Waals surface area contributed by atoms with Crippen LogP contribution in [-0.4, -0.2) is 14.5 Å². The smallest absolute Gasteiger partial charge is 0.258 e. The van der Waals surface area contributed by atoms with Gasteiger partial charge in [0, 0.05) is 23.8 Å². The van der Waals surface area contributed by atoms with Gasteiger partial charge in [-0.15, -0.1) is 10.2 Å². The molecule has 37 heavy (non-hydrogen) atoms. The highest BCUT2D eigenvalue weighted by molar-refractivity contribution is 5.69. The zero-order valence-corrected chi connectivity index (χ0v) is 21.3. The van der Waals surface area contributed by atoms with Crippen LogP contribution in [0.3, 0.4) is 0 Å². The lowest BCUT2D eigenvalue weighted by molar-refractivity contribution is -2.00. The number of imidazole rings is 1. The van der Waals surface area contributed by atoms with E-state index in [1.165, 1.54) is 32.1 Å². The van der Waals surface area contributed by atoms with Gasteiger partial charge >= 0.3 is 5.78 Å². The molecule has 0 aliphatic heterocycles. The van der Waals surface area contributed by atoms with Gasteiger partial charge in [0.25, 0.3) is 5.69 Å². The number of fused-ring (bicyclic) bond motifs is 1. The fraction of sp³-hybridized carbons (Fsp3) is 0.308. The third-order valence-corrected chi connectivity index (χ3v) is 5.87. The number of non-ortho nitro benzene ring substituents is 1. The highest BCUT2D eigenvalue weighted by Gasteiger charge is 2.18. The molecule has 0 radical (unpaired) electrons. The molecule has 0 aliphatic rings. The van der Waals surface area contributed by atoms with Gasteiger partial charge in [-0.2, -0.15) is 0 Å². The summed E-state index contributed by atoms with van der Waals surface area (Å²) in [6.45, 7) is 3.19. The van der Waals surface area contributed by atoms with Crippen molar-refractivity contribution in [2.45, 2.75) is 52.0 Å². The lowest BCUT2D eigenvalue weighted by atomic mass is 10.0. The number of aromatic nitrogens is 3. The SMILES string of the molecule is CCCCCCCCn1c(-c2ccc(-c3ccc([N+](=O)[O-])cc3)cc2)c[n+]2cccnc12.[O-][Cl+3]([O-])([O-])[O-]. The number of rotatable bonds is 10. The van der Waals surface area contributed by atoms with Crippen molar-refractivity contribution in [1.82, 2.24) is 9.55 Å². The normalized spacial score (nSPS) is 11.3. The standard InChI is InChI=1S/C26H29N4O2.ClHO4/c1-2-3-4-5-6-7-19-29-25(20-28-18-8-17-27-26(28)29)23-11-9-21(10-12-23)22-13-15-24(16-14-22)30(31)32;2-1(3,4)5/h8-18,20H,2-7,19H2,1H3;(H,2,3,4,5)/q+1;/p-1. The summed E-state index contributed by atoms with van der Waals surface area (Å²) in [7, 11) is -4.94. The number of hydrogen-bond donors (Lipinski definition) is 0. The molecule has 2 aromatic heterocycles. The van der Waals surface area contributed by atoms with Crippen LogP contribution in [-0.2, 0) is 6.54 Å². The third-order valence-electron chi connectivity index (χ3n) is 5.87. The number of nitrogens with zero attached hydrogens (tertiary/aromatic N) is 4. The van der Waals surface area contributed by atoms with Crippen LogP contribution < -0.4 is 23.0 Å². The highest BCUT2D eigenvalue weighted by atomic mass is 35.7. The van der Waals surface area contributed by atoms with E-state index in [9.17, 15) is 10.1 Å². The summed E-state index contributed by atoms with van der Waals surface area (Å²) in [5.41, 5.74) is 4.38. The number of nitro groups is 1. The largest absolute Gasteiger partial charge is 0.403 e. The maximum Gasteiger partial charge on any atom is 0.403 e. The monoisotopic (exact) mass is 528 g/mol. The van der Waals surface area contributed by atoms with Crippen molar-refractivity contribution < 1.29 is 38.2 Å². The molecular formula is C26H29ClN4O6. The van der Waals surface area contributed by atoms with E-state index >= 15 is 0 Å². The Bertz CT molecular complexity index is 1280. The predicted molar refractivity (Wildman–Crippen MR) is 126 cm³/mol. The van der Waals surface area contributed by atoms with Gasteiger partial charge in [-0.05, 0) is 29.7 Å². The third kappa shape index (κ3) is 8.59.